The lowest BCUT2D eigenvalue weighted by atomic mass is 10.2. The minimum absolute atomic E-state index is 0.296. The van der Waals surface area contributed by atoms with E-state index in [-0.39, 0.29) is 0 Å². The van der Waals surface area contributed by atoms with Gasteiger partial charge in [-0.15, -0.1) is 0 Å². The molecule has 1 rings (SSSR count). The summed E-state index contributed by atoms with van der Waals surface area (Å²) in [4.78, 5) is 0.298. The van der Waals surface area contributed by atoms with Crippen LogP contribution in [0.4, 0.5) is 0 Å². The highest BCUT2D eigenvalue weighted by atomic mass is 32.2. The summed E-state index contributed by atoms with van der Waals surface area (Å²) in [5, 5.41) is 8.33. The Morgan fingerprint density at radius 3 is 2.69 bits per heavy atom. The highest BCUT2D eigenvalue weighted by Gasteiger charge is 2.14. The van der Waals surface area contributed by atoms with Crippen LogP contribution in [0.3, 0.4) is 0 Å². The molecule has 1 N–H and O–H groups in total. The highest BCUT2D eigenvalue weighted by molar-refractivity contribution is 7.89. The van der Waals surface area contributed by atoms with E-state index in [9.17, 15) is 8.42 Å². The van der Waals surface area contributed by atoms with Gasteiger partial charge in [-0.1, -0.05) is 18.2 Å². The molecule has 1 aromatic carbocycles. The van der Waals surface area contributed by atoms with Gasteiger partial charge in [0.2, 0.25) is 10.0 Å². The molecule has 0 saturated carbocycles. The van der Waals surface area contributed by atoms with Crippen LogP contribution in [0.1, 0.15) is 18.4 Å². The molecule has 0 bridgehead atoms. The largest absolute Gasteiger partial charge is 0.240 e. The van der Waals surface area contributed by atoms with E-state index in [2.05, 4.69) is 4.72 Å². The molecule has 5 heteroatoms. The zero-order valence-corrected chi connectivity index (χ0v) is 9.92. The van der Waals surface area contributed by atoms with E-state index in [1.165, 1.54) is 0 Å². The van der Waals surface area contributed by atoms with Crippen molar-refractivity contribution >= 4 is 10.0 Å². The smallest absolute Gasteiger partial charge is 0.211 e. The van der Waals surface area contributed by atoms with Crippen molar-refractivity contribution in [1.29, 1.82) is 5.26 Å². The number of nitriles is 1. The zero-order valence-electron chi connectivity index (χ0n) is 9.10. The van der Waals surface area contributed by atoms with Gasteiger partial charge in [0.1, 0.15) is 0 Å². The topological polar surface area (TPSA) is 70.0 Å². The molecule has 4 nitrogen and oxygen atoms in total. The fraction of sp³-hybridized carbons (Fsp3) is 0.364. The quantitative estimate of drug-likeness (QED) is 0.792. The molecule has 0 spiro atoms. The van der Waals surface area contributed by atoms with Crippen molar-refractivity contribution in [2.75, 3.05) is 6.54 Å². The Labute approximate surface area is 96.0 Å². The van der Waals surface area contributed by atoms with Crippen LogP contribution in [0.2, 0.25) is 0 Å². The molecule has 0 fully saturated rings. The van der Waals surface area contributed by atoms with Crippen LogP contribution >= 0.6 is 0 Å². The molecular formula is C11H14N2O2S. The fourth-order valence-corrected chi connectivity index (χ4v) is 2.63. The Bertz CT molecular complexity index is 489. The lowest BCUT2D eigenvalue weighted by Gasteiger charge is -2.07. The van der Waals surface area contributed by atoms with Crippen molar-refractivity contribution < 1.29 is 8.42 Å². The van der Waals surface area contributed by atoms with Crippen LogP contribution in [0, 0.1) is 18.3 Å². The normalized spacial score (nSPS) is 11.0. The second-order valence-corrected chi connectivity index (χ2v) is 5.16. The third kappa shape index (κ3) is 3.33. The van der Waals surface area contributed by atoms with Crippen LogP contribution < -0.4 is 4.72 Å². The van der Waals surface area contributed by atoms with E-state index in [1.54, 1.807) is 31.2 Å². The number of sulfonamides is 1. The maximum atomic E-state index is 11.8. The zero-order chi connectivity index (χ0) is 12.0. The minimum atomic E-state index is -3.43. The van der Waals surface area contributed by atoms with Crippen LogP contribution in [-0.2, 0) is 10.0 Å². The average molecular weight is 238 g/mol. The Kier molecular flexibility index (Phi) is 4.47. The molecule has 0 saturated heterocycles. The van der Waals surface area contributed by atoms with Crippen molar-refractivity contribution in [2.45, 2.75) is 24.7 Å². The first-order valence-corrected chi connectivity index (χ1v) is 6.48. The molecule has 0 aliphatic rings. The van der Waals surface area contributed by atoms with Crippen molar-refractivity contribution in [3.05, 3.63) is 29.8 Å². The van der Waals surface area contributed by atoms with E-state index in [0.717, 1.165) is 5.56 Å². The van der Waals surface area contributed by atoms with Gasteiger partial charge in [-0.25, -0.2) is 13.1 Å². The van der Waals surface area contributed by atoms with Crippen LogP contribution in [0.25, 0.3) is 0 Å². The lowest BCUT2D eigenvalue weighted by molar-refractivity contribution is 0.579. The summed E-state index contributed by atoms with van der Waals surface area (Å²) >= 11 is 0. The molecule has 0 amide bonds. The summed E-state index contributed by atoms with van der Waals surface area (Å²) in [6.45, 7) is 2.05. The number of rotatable bonds is 5. The summed E-state index contributed by atoms with van der Waals surface area (Å²) in [5.41, 5.74) is 0.718. The molecule has 0 unspecified atom stereocenters. The van der Waals surface area contributed by atoms with E-state index in [1.807, 2.05) is 6.07 Å². The first-order chi connectivity index (χ1) is 7.58. The van der Waals surface area contributed by atoms with Crippen LogP contribution in [0.15, 0.2) is 29.2 Å². The first-order valence-electron chi connectivity index (χ1n) is 5.00. The van der Waals surface area contributed by atoms with E-state index >= 15 is 0 Å². The van der Waals surface area contributed by atoms with Crippen LogP contribution in [0.5, 0.6) is 0 Å². The number of unbranched alkanes of at least 4 members (excludes halogenated alkanes) is 1. The molecule has 0 aromatic heterocycles. The lowest BCUT2D eigenvalue weighted by Crippen LogP contribution is -2.25. The SMILES string of the molecule is Cc1ccccc1S(=O)(=O)NCCCC#N. The third-order valence-electron chi connectivity index (χ3n) is 2.14. The molecule has 16 heavy (non-hydrogen) atoms. The number of benzene rings is 1. The molecule has 86 valence electrons. The molecule has 0 heterocycles. The maximum absolute atomic E-state index is 11.8. The predicted octanol–water partition coefficient (Wildman–Crippen LogP) is 1.58. The maximum Gasteiger partial charge on any atom is 0.240 e. The van der Waals surface area contributed by atoms with Gasteiger partial charge in [-0.2, -0.15) is 5.26 Å². The Morgan fingerprint density at radius 2 is 2.06 bits per heavy atom. The summed E-state index contributed by atoms with van der Waals surface area (Å²) in [7, 11) is -3.43. The molecule has 0 aliphatic carbocycles. The molecule has 1 aromatic rings. The van der Waals surface area contributed by atoms with E-state index < -0.39 is 10.0 Å². The molecule has 0 atom stereocenters. The Morgan fingerprint density at radius 1 is 1.38 bits per heavy atom. The van der Waals surface area contributed by atoms with Gasteiger partial charge in [0.05, 0.1) is 11.0 Å². The second-order valence-electron chi connectivity index (χ2n) is 3.42. The van der Waals surface area contributed by atoms with Crippen LogP contribution in [-0.4, -0.2) is 15.0 Å². The van der Waals surface area contributed by atoms with Gasteiger partial charge in [-0.3, -0.25) is 0 Å². The highest BCUT2D eigenvalue weighted by Crippen LogP contribution is 2.13. The monoisotopic (exact) mass is 238 g/mol. The summed E-state index contributed by atoms with van der Waals surface area (Å²) in [6.07, 6.45) is 0.887. The summed E-state index contributed by atoms with van der Waals surface area (Å²) in [5.74, 6) is 0. The average Bonchev–Trinajstić information content (AvgIpc) is 2.25. The van der Waals surface area contributed by atoms with Gasteiger partial charge in [0.25, 0.3) is 0 Å². The molecular weight excluding hydrogens is 224 g/mol. The van der Waals surface area contributed by atoms with Gasteiger partial charge in [-0.05, 0) is 25.0 Å². The van der Waals surface area contributed by atoms with Crippen molar-refractivity contribution in [3.8, 4) is 6.07 Å². The van der Waals surface area contributed by atoms with Crippen molar-refractivity contribution in [2.24, 2.45) is 0 Å². The van der Waals surface area contributed by atoms with Crippen molar-refractivity contribution in [3.63, 3.8) is 0 Å². The van der Waals surface area contributed by atoms with Gasteiger partial charge < -0.3 is 0 Å². The van der Waals surface area contributed by atoms with Crippen molar-refractivity contribution in [1.82, 2.24) is 4.72 Å². The first kappa shape index (κ1) is 12.7. The van der Waals surface area contributed by atoms with E-state index in [0.29, 0.717) is 24.3 Å². The number of nitrogens with zero attached hydrogens (tertiary/aromatic N) is 1. The van der Waals surface area contributed by atoms with Gasteiger partial charge in [0, 0.05) is 13.0 Å². The van der Waals surface area contributed by atoms with E-state index in [4.69, 9.17) is 5.26 Å². The number of hydrogen-bond acceptors (Lipinski definition) is 3. The minimum Gasteiger partial charge on any atom is -0.211 e. The number of hydrogen-bond donors (Lipinski definition) is 1. The summed E-state index contributed by atoms with van der Waals surface area (Å²) < 4.78 is 26.1. The Balaban J connectivity index is 2.72. The molecule has 0 radical (unpaired) electrons. The fourth-order valence-electron chi connectivity index (χ4n) is 1.31. The standard InChI is InChI=1S/C11H14N2O2S/c1-10-6-2-3-7-11(10)16(14,15)13-9-5-4-8-12/h2-3,6-7,13H,4-5,9H2,1H3. The van der Waals surface area contributed by atoms with Gasteiger partial charge >= 0.3 is 0 Å². The second kappa shape index (κ2) is 5.64. The predicted molar refractivity (Wildman–Crippen MR) is 61.2 cm³/mol. The molecule has 0 aliphatic heterocycles. The number of aryl methyl sites for hydroxylation is 1. The summed E-state index contributed by atoms with van der Waals surface area (Å²) in [6, 6.07) is 8.78. The number of nitrogens with one attached hydrogen (secondary N) is 1. The van der Waals surface area contributed by atoms with Gasteiger partial charge in [0.15, 0.2) is 0 Å². The Hall–Kier alpha value is -1.38. The third-order valence-corrected chi connectivity index (χ3v) is 3.76.